The van der Waals surface area contributed by atoms with Gasteiger partial charge in [-0.05, 0) is 5.92 Å². The van der Waals surface area contributed by atoms with E-state index in [4.69, 9.17) is 11.1 Å². The highest BCUT2D eigenvalue weighted by molar-refractivity contribution is 5.79. The quantitative estimate of drug-likeness (QED) is 0.389. The third kappa shape index (κ3) is 2.30. The van der Waals surface area contributed by atoms with Gasteiger partial charge in [-0.1, -0.05) is 13.8 Å². The second-order valence-electron chi connectivity index (χ2n) is 3.36. The van der Waals surface area contributed by atoms with Crippen LogP contribution >= 0.6 is 0 Å². The van der Waals surface area contributed by atoms with Crippen LogP contribution in [-0.4, -0.2) is 20.7 Å². The molecular formula is C8H12N6O. The normalized spacial score (nSPS) is 12.2. The average molecular weight is 208 g/mol. The first kappa shape index (κ1) is 11.1. The Balaban J connectivity index is 3.00. The van der Waals surface area contributed by atoms with Crippen molar-refractivity contribution in [1.82, 2.24) is 20.2 Å². The number of carbonyl (C=O) groups excluding carboxylic acids is 1. The van der Waals surface area contributed by atoms with E-state index < -0.39 is 6.04 Å². The summed E-state index contributed by atoms with van der Waals surface area (Å²) in [5.74, 6) is 4.73. The predicted octanol–water partition coefficient (Wildman–Crippen LogP) is -0.663. The molecule has 1 aromatic heterocycles. The molecule has 80 valence electrons. The molecule has 7 nitrogen and oxygen atoms in total. The lowest BCUT2D eigenvalue weighted by Crippen LogP contribution is -2.39. The van der Waals surface area contributed by atoms with E-state index in [2.05, 4.69) is 15.5 Å². The molecule has 1 unspecified atom stereocenters. The van der Waals surface area contributed by atoms with Gasteiger partial charge in [0.1, 0.15) is 18.4 Å². The number of aromatic nitrogens is 3. The highest BCUT2D eigenvalue weighted by atomic mass is 16.2. The first-order chi connectivity index (χ1) is 7.10. The Labute approximate surface area is 86.9 Å². The molecule has 1 amide bonds. The third-order valence-corrected chi connectivity index (χ3v) is 1.94. The van der Waals surface area contributed by atoms with Crippen LogP contribution in [0.25, 0.3) is 0 Å². The number of carbonyl (C=O) groups is 1. The zero-order valence-corrected chi connectivity index (χ0v) is 8.51. The lowest BCUT2D eigenvalue weighted by atomic mass is 10.0. The van der Waals surface area contributed by atoms with Crippen LogP contribution in [0.4, 0.5) is 0 Å². The topological polar surface area (TPSA) is 110 Å². The second-order valence-corrected chi connectivity index (χ2v) is 3.36. The van der Waals surface area contributed by atoms with E-state index in [1.165, 1.54) is 11.0 Å². The van der Waals surface area contributed by atoms with Crippen molar-refractivity contribution in [3.8, 4) is 6.07 Å². The summed E-state index contributed by atoms with van der Waals surface area (Å²) in [5, 5.41) is 12.4. The molecule has 1 atom stereocenters. The molecule has 7 heteroatoms. The second kappa shape index (κ2) is 4.52. The van der Waals surface area contributed by atoms with Crippen molar-refractivity contribution in [2.75, 3.05) is 0 Å². The van der Waals surface area contributed by atoms with Crippen molar-refractivity contribution in [3.63, 3.8) is 0 Å². The lowest BCUT2D eigenvalue weighted by molar-refractivity contribution is -0.125. The molecule has 1 rings (SSSR count). The summed E-state index contributed by atoms with van der Waals surface area (Å²) in [5.41, 5.74) is 2.06. The summed E-state index contributed by atoms with van der Waals surface area (Å²) in [6.07, 6.45) is 1.35. The number of nitrogens with two attached hydrogens (primary N) is 1. The number of nitrogens with zero attached hydrogens (tertiary/aromatic N) is 4. The maximum absolute atomic E-state index is 11.4. The van der Waals surface area contributed by atoms with Crippen molar-refractivity contribution in [2.24, 2.45) is 11.8 Å². The molecule has 0 fully saturated rings. The maximum Gasteiger partial charge on any atom is 0.259 e. The molecule has 0 aliphatic heterocycles. The van der Waals surface area contributed by atoms with Crippen LogP contribution in [0.3, 0.4) is 0 Å². The van der Waals surface area contributed by atoms with Crippen molar-refractivity contribution in [1.29, 1.82) is 5.26 Å². The molecule has 0 radical (unpaired) electrons. The van der Waals surface area contributed by atoms with E-state index in [0.29, 0.717) is 0 Å². The first-order valence-electron chi connectivity index (χ1n) is 4.41. The van der Waals surface area contributed by atoms with Gasteiger partial charge in [-0.3, -0.25) is 10.2 Å². The van der Waals surface area contributed by atoms with E-state index in [9.17, 15) is 4.79 Å². The highest BCUT2D eigenvalue weighted by Crippen LogP contribution is 2.15. The number of hydrogen-bond acceptors (Lipinski definition) is 5. The lowest BCUT2D eigenvalue weighted by Gasteiger charge is -2.18. The highest BCUT2D eigenvalue weighted by Gasteiger charge is 2.24. The Morgan fingerprint density at radius 3 is 2.80 bits per heavy atom. The fourth-order valence-electron chi connectivity index (χ4n) is 1.27. The van der Waals surface area contributed by atoms with Gasteiger partial charge in [-0.15, -0.1) is 5.10 Å². The Bertz CT molecular complexity index is 390. The maximum atomic E-state index is 11.4. The predicted molar refractivity (Wildman–Crippen MR) is 50.9 cm³/mol. The molecule has 0 aromatic carbocycles. The van der Waals surface area contributed by atoms with Gasteiger partial charge in [0, 0.05) is 0 Å². The minimum absolute atomic E-state index is 0.00166. The summed E-state index contributed by atoms with van der Waals surface area (Å²) in [6.45, 7) is 3.71. The smallest absolute Gasteiger partial charge is 0.259 e. The molecule has 0 saturated carbocycles. The summed E-state index contributed by atoms with van der Waals surface area (Å²) >= 11 is 0. The Morgan fingerprint density at radius 1 is 1.73 bits per heavy atom. The fraction of sp³-hybridized carbons (Fsp3) is 0.500. The van der Waals surface area contributed by atoms with Crippen LogP contribution < -0.4 is 11.3 Å². The van der Waals surface area contributed by atoms with E-state index in [1.54, 1.807) is 6.07 Å². The SMILES string of the molecule is CC(C)C(C(=O)NN)n1cnc(C#N)n1. The van der Waals surface area contributed by atoms with Crippen LogP contribution in [0.15, 0.2) is 6.33 Å². The summed E-state index contributed by atoms with van der Waals surface area (Å²) < 4.78 is 1.34. The van der Waals surface area contributed by atoms with E-state index >= 15 is 0 Å². The summed E-state index contributed by atoms with van der Waals surface area (Å²) in [6, 6.07) is 1.24. The van der Waals surface area contributed by atoms with Crippen molar-refractivity contribution in [3.05, 3.63) is 12.2 Å². The zero-order chi connectivity index (χ0) is 11.4. The van der Waals surface area contributed by atoms with Crippen LogP contribution in [0.1, 0.15) is 25.7 Å². The van der Waals surface area contributed by atoms with Gasteiger partial charge in [0.2, 0.25) is 0 Å². The monoisotopic (exact) mass is 208 g/mol. The van der Waals surface area contributed by atoms with Crippen molar-refractivity contribution in [2.45, 2.75) is 19.9 Å². The standard InChI is InChI=1S/C8H12N6O/c1-5(2)7(8(15)12-10)14-4-11-6(3-9)13-14/h4-5,7H,10H2,1-2H3,(H,12,15). The molecule has 1 heterocycles. The number of amides is 1. The van der Waals surface area contributed by atoms with E-state index in [1.807, 2.05) is 13.8 Å². The van der Waals surface area contributed by atoms with Crippen LogP contribution in [0, 0.1) is 17.2 Å². The Hall–Kier alpha value is -1.94. The Morgan fingerprint density at radius 2 is 2.40 bits per heavy atom. The largest absolute Gasteiger partial charge is 0.292 e. The molecule has 0 aliphatic rings. The summed E-state index contributed by atoms with van der Waals surface area (Å²) in [7, 11) is 0. The molecule has 15 heavy (non-hydrogen) atoms. The number of nitrogens with one attached hydrogen (secondary N) is 1. The molecule has 0 spiro atoms. The van der Waals surface area contributed by atoms with Gasteiger partial charge in [-0.25, -0.2) is 15.5 Å². The minimum Gasteiger partial charge on any atom is -0.292 e. The summed E-state index contributed by atoms with van der Waals surface area (Å²) in [4.78, 5) is 15.2. The molecule has 3 N–H and O–H groups in total. The van der Waals surface area contributed by atoms with Gasteiger partial charge in [0.25, 0.3) is 11.7 Å². The number of nitriles is 1. The number of hydrazine groups is 1. The number of rotatable bonds is 3. The van der Waals surface area contributed by atoms with Crippen molar-refractivity contribution < 1.29 is 4.79 Å². The first-order valence-corrected chi connectivity index (χ1v) is 4.41. The minimum atomic E-state index is -0.551. The van der Waals surface area contributed by atoms with E-state index in [-0.39, 0.29) is 17.6 Å². The van der Waals surface area contributed by atoms with Gasteiger partial charge in [0.15, 0.2) is 0 Å². The van der Waals surface area contributed by atoms with Gasteiger partial charge < -0.3 is 0 Å². The zero-order valence-electron chi connectivity index (χ0n) is 8.51. The number of hydrogen-bond donors (Lipinski definition) is 2. The average Bonchev–Trinajstić information content (AvgIpc) is 2.65. The molecule has 1 aromatic rings. The fourth-order valence-corrected chi connectivity index (χ4v) is 1.27. The van der Waals surface area contributed by atoms with Crippen LogP contribution in [-0.2, 0) is 4.79 Å². The van der Waals surface area contributed by atoms with Crippen LogP contribution in [0.2, 0.25) is 0 Å². The van der Waals surface area contributed by atoms with Crippen LogP contribution in [0.5, 0.6) is 0 Å². The molecule has 0 bridgehead atoms. The third-order valence-electron chi connectivity index (χ3n) is 1.94. The van der Waals surface area contributed by atoms with Gasteiger partial charge in [-0.2, -0.15) is 5.26 Å². The molecular weight excluding hydrogens is 196 g/mol. The van der Waals surface area contributed by atoms with Gasteiger partial charge in [0.05, 0.1) is 0 Å². The van der Waals surface area contributed by atoms with E-state index in [0.717, 1.165) is 0 Å². The molecule has 0 aliphatic carbocycles. The van der Waals surface area contributed by atoms with Gasteiger partial charge >= 0.3 is 0 Å². The Kier molecular flexibility index (Phi) is 3.36. The molecule has 0 saturated heterocycles. The van der Waals surface area contributed by atoms with Crippen molar-refractivity contribution >= 4 is 5.91 Å².